The lowest BCUT2D eigenvalue weighted by molar-refractivity contribution is -0.142. The van der Waals surface area contributed by atoms with Gasteiger partial charge in [-0.2, -0.15) is 0 Å². The molecule has 0 aromatic rings. The Labute approximate surface area is 119 Å². The molecule has 0 aromatic carbocycles. The van der Waals surface area contributed by atoms with Gasteiger partial charge in [0, 0.05) is 6.08 Å². The van der Waals surface area contributed by atoms with Crippen LogP contribution in [0.4, 0.5) is 4.79 Å². The lowest BCUT2D eigenvalue weighted by Crippen LogP contribution is -2.55. The van der Waals surface area contributed by atoms with Crippen LogP contribution in [0.2, 0.25) is 0 Å². The van der Waals surface area contributed by atoms with Crippen molar-refractivity contribution < 1.29 is 28.4 Å². The van der Waals surface area contributed by atoms with Gasteiger partial charge in [0.15, 0.2) is 0 Å². The van der Waals surface area contributed by atoms with Crippen molar-refractivity contribution in [1.82, 2.24) is 5.32 Å². The van der Waals surface area contributed by atoms with Crippen LogP contribution in [0.3, 0.4) is 0 Å². The molecule has 8 heteroatoms. The second kappa shape index (κ2) is 9.09. The monoisotopic (exact) mass is 303 g/mol. The van der Waals surface area contributed by atoms with E-state index in [4.69, 9.17) is 9.47 Å². The van der Waals surface area contributed by atoms with Crippen molar-refractivity contribution in [2.75, 3.05) is 13.2 Å². The molecule has 0 radical (unpaired) electrons. The third kappa shape index (κ3) is 6.33. The van der Waals surface area contributed by atoms with E-state index in [9.17, 15) is 14.4 Å². The highest BCUT2D eigenvalue weighted by molar-refractivity contribution is 7.10. The van der Waals surface area contributed by atoms with Gasteiger partial charge in [0.1, 0.15) is 18.8 Å². The van der Waals surface area contributed by atoms with Gasteiger partial charge in [-0.1, -0.05) is 20.1 Å². The molecule has 0 rings (SSSR count). The summed E-state index contributed by atoms with van der Waals surface area (Å²) in [6.45, 7) is 7.93. The van der Waals surface area contributed by atoms with Crippen LogP contribution in [0.15, 0.2) is 25.3 Å². The molecule has 0 fully saturated rings. The first-order valence-corrected chi connectivity index (χ1v) is 6.17. The lowest BCUT2D eigenvalue weighted by Gasteiger charge is -2.31. The van der Waals surface area contributed by atoms with Gasteiger partial charge in [0.05, 0.1) is 9.47 Å². The molecule has 112 valence electrons. The molecular formula is C12H18NO6P. The normalized spacial score (nSPS) is 12.5. The highest BCUT2D eigenvalue weighted by Gasteiger charge is 2.33. The third-order valence-electron chi connectivity index (χ3n) is 2.47. The van der Waals surface area contributed by atoms with Crippen LogP contribution in [0, 0.1) is 0 Å². The highest BCUT2D eigenvalue weighted by atomic mass is 31.0. The molecule has 20 heavy (non-hydrogen) atoms. The number of hydrogen-bond donors (Lipinski definition) is 1. The van der Waals surface area contributed by atoms with Crippen LogP contribution < -0.4 is 5.32 Å². The second-order valence-corrected chi connectivity index (χ2v) is 4.03. The summed E-state index contributed by atoms with van der Waals surface area (Å²) in [5.74, 6) is -1.13. The maximum atomic E-state index is 11.4. The first-order valence-electron chi connectivity index (χ1n) is 5.70. The molecular weight excluding hydrogens is 285 g/mol. The van der Waals surface area contributed by atoms with Crippen LogP contribution in [0.5, 0.6) is 0 Å². The van der Waals surface area contributed by atoms with E-state index in [1.54, 1.807) is 16.4 Å². The maximum Gasteiger partial charge on any atom is 0.510 e. The predicted molar refractivity (Wildman–Crippen MR) is 74.7 cm³/mol. The molecule has 0 aliphatic carbocycles. The molecule has 2 unspecified atom stereocenters. The molecule has 7 nitrogen and oxygen atoms in total. The Balaban J connectivity index is 4.89. The molecule has 0 aromatic heterocycles. The van der Waals surface area contributed by atoms with Gasteiger partial charge >= 0.3 is 12.1 Å². The quantitative estimate of drug-likeness (QED) is 0.410. The smallest absolute Gasteiger partial charge is 0.460 e. The fourth-order valence-electron chi connectivity index (χ4n) is 1.22. The van der Waals surface area contributed by atoms with E-state index in [1.165, 1.54) is 0 Å². The number of carbonyl (C=O) groups is 3. The fourth-order valence-corrected chi connectivity index (χ4v) is 1.29. The summed E-state index contributed by atoms with van der Waals surface area (Å²) in [6, 6.07) is 0. The Kier molecular flexibility index (Phi) is 8.24. The van der Waals surface area contributed by atoms with Crippen molar-refractivity contribution in [3.05, 3.63) is 25.3 Å². The van der Waals surface area contributed by atoms with Gasteiger partial charge in [0.2, 0.25) is 5.91 Å². The van der Waals surface area contributed by atoms with Crippen LogP contribution in [0.1, 0.15) is 13.3 Å². The van der Waals surface area contributed by atoms with Gasteiger partial charge in [-0.05, 0) is 12.5 Å². The second-order valence-electron chi connectivity index (χ2n) is 3.80. The molecule has 0 saturated carbocycles. The summed E-state index contributed by atoms with van der Waals surface area (Å²) < 4.78 is 14.0. The van der Waals surface area contributed by atoms with Crippen molar-refractivity contribution in [2.45, 2.75) is 18.9 Å². The predicted octanol–water partition coefficient (Wildman–Crippen LogP) is 1.11. The van der Waals surface area contributed by atoms with E-state index in [1.807, 2.05) is 0 Å². The number of nitrogens with one attached hydrogen (secondary N) is 1. The summed E-state index contributed by atoms with van der Waals surface area (Å²) in [4.78, 5) is 33.6. The minimum absolute atomic E-state index is 0.182. The van der Waals surface area contributed by atoms with E-state index >= 15 is 0 Å². The molecule has 0 bridgehead atoms. The minimum atomic E-state index is -1.07. The van der Waals surface area contributed by atoms with E-state index < -0.39 is 23.6 Å². The Morgan fingerprint density at radius 2 is 1.80 bits per heavy atom. The third-order valence-corrected chi connectivity index (χ3v) is 2.66. The Morgan fingerprint density at radius 1 is 1.20 bits per heavy atom. The van der Waals surface area contributed by atoms with Crippen LogP contribution in [-0.4, -0.2) is 36.8 Å². The van der Waals surface area contributed by atoms with Crippen molar-refractivity contribution in [1.29, 1.82) is 0 Å². The zero-order valence-electron chi connectivity index (χ0n) is 11.2. The summed E-state index contributed by atoms with van der Waals surface area (Å²) in [7, 11) is 1.74. The minimum Gasteiger partial charge on any atom is -0.460 e. The van der Waals surface area contributed by atoms with Crippen molar-refractivity contribution in [2.24, 2.45) is 0 Å². The van der Waals surface area contributed by atoms with Crippen molar-refractivity contribution >= 4 is 27.5 Å². The zero-order chi connectivity index (χ0) is 15.6. The van der Waals surface area contributed by atoms with Crippen molar-refractivity contribution in [3.63, 3.8) is 0 Å². The van der Waals surface area contributed by atoms with Crippen LogP contribution >= 0.6 is 9.47 Å². The van der Waals surface area contributed by atoms with Crippen LogP contribution in [0.25, 0.3) is 0 Å². The summed E-state index contributed by atoms with van der Waals surface area (Å²) >= 11 is 0. The first-order chi connectivity index (χ1) is 9.42. The first kappa shape index (κ1) is 18.1. The lowest BCUT2D eigenvalue weighted by atomic mass is 9.98. The Morgan fingerprint density at radius 3 is 2.25 bits per heavy atom. The molecule has 1 amide bonds. The fraction of sp³-hybridized carbons (Fsp3) is 0.417. The van der Waals surface area contributed by atoms with Gasteiger partial charge in [-0.25, -0.2) is 9.59 Å². The summed E-state index contributed by atoms with van der Waals surface area (Å²) in [6.07, 6.45) is 1.47. The topological polar surface area (TPSA) is 90.9 Å². The van der Waals surface area contributed by atoms with E-state index in [-0.39, 0.29) is 13.2 Å². The molecule has 0 heterocycles. The average Bonchev–Trinajstić information content (AvgIpc) is 2.48. The summed E-state index contributed by atoms with van der Waals surface area (Å²) in [5, 5.41) is 2.58. The molecule has 0 aliphatic rings. The SMILES string of the molecule is C=CC(=O)NC(CC)(COC(=O)C=C)COC(=O)OP. The summed E-state index contributed by atoms with van der Waals surface area (Å²) in [5.41, 5.74) is -1.07. The zero-order valence-corrected chi connectivity index (χ0v) is 12.4. The highest BCUT2D eigenvalue weighted by Crippen LogP contribution is 2.13. The number of ether oxygens (including phenoxy) is 2. The maximum absolute atomic E-state index is 11.4. The van der Waals surface area contributed by atoms with E-state index in [0.717, 1.165) is 12.2 Å². The van der Waals surface area contributed by atoms with E-state index in [0.29, 0.717) is 6.42 Å². The standard InChI is InChI=1S/C12H18NO6P/c1-4-9(14)13-12(6-3,7-17-10(15)5-2)8-18-11(16)19-20/h4-5H,1-2,6-8,20H2,3H3,(H,13,14). The number of rotatable bonds is 8. The average molecular weight is 303 g/mol. The number of hydrogen-bond acceptors (Lipinski definition) is 6. The molecule has 0 spiro atoms. The van der Waals surface area contributed by atoms with Gasteiger partial charge in [0.25, 0.3) is 0 Å². The Bertz CT molecular complexity index is 397. The van der Waals surface area contributed by atoms with Gasteiger partial charge < -0.3 is 19.3 Å². The van der Waals surface area contributed by atoms with Gasteiger partial charge in [-0.15, -0.1) is 0 Å². The number of carbonyl (C=O) groups excluding carboxylic acids is 3. The molecule has 2 atom stereocenters. The molecule has 0 aliphatic heterocycles. The Hall–Kier alpha value is -1.88. The molecule has 0 saturated heterocycles. The van der Waals surface area contributed by atoms with Crippen LogP contribution in [-0.2, 0) is 23.6 Å². The molecule has 1 N–H and O–H groups in total. The number of esters is 1. The van der Waals surface area contributed by atoms with Crippen molar-refractivity contribution in [3.8, 4) is 0 Å². The van der Waals surface area contributed by atoms with E-state index in [2.05, 4.69) is 23.0 Å². The number of amides is 1. The largest absolute Gasteiger partial charge is 0.510 e. The van der Waals surface area contributed by atoms with Gasteiger partial charge in [-0.3, -0.25) is 4.79 Å².